The Morgan fingerprint density at radius 2 is 2.10 bits per heavy atom. The molecule has 4 rings (SSSR count). The fourth-order valence-corrected chi connectivity index (χ4v) is 4.32. The quantitative estimate of drug-likeness (QED) is 0.831. The van der Waals surface area contributed by atoms with Crippen molar-refractivity contribution in [1.82, 2.24) is 14.3 Å². The van der Waals surface area contributed by atoms with Crippen molar-refractivity contribution in [3.05, 3.63) is 47.5 Å². The van der Waals surface area contributed by atoms with Crippen LogP contribution in [0.25, 0.3) is 0 Å². The Balaban J connectivity index is 1.75. The molecule has 0 atom stereocenters. The van der Waals surface area contributed by atoms with Crippen LogP contribution in [0.4, 0.5) is 0 Å². The molecule has 108 valence electrons. The van der Waals surface area contributed by atoms with Crippen LogP contribution in [0.2, 0.25) is 0 Å². The van der Waals surface area contributed by atoms with Crippen molar-refractivity contribution < 1.29 is 13.2 Å². The van der Waals surface area contributed by atoms with Crippen molar-refractivity contribution in [1.29, 1.82) is 0 Å². The Hall–Kier alpha value is -1.99. The Kier molecular flexibility index (Phi) is 2.73. The van der Waals surface area contributed by atoms with Crippen LogP contribution in [0, 0.1) is 0 Å². The van der Waals surface area contributed by atoms with Crippen LogP contribution in [-0.4, -0.2) is 29.3 Å². The van der Waals surface area contributed by atoms with E-state index in [4.69, 9.17) is 4.74 Å². The van der Waals surface area contributed by atoms with Gasteiger partial charge < -0.3 is 4.74 Å². The van der Waals surface area contributed by atoms with E-state index in [1.54, 1.807) is 18.3 Å². The van der Waals surface area contributed by atoms with Crippen molar-refractivity contribution in [2.24, 2.45) is 0 Å². The second-order valence-corrected chi connectivity index (χ2v) is 7.02. The molecule has 0 aliphatic carbocycles. The maximum atomic E-state index is 12.9. The molecule has 0 unspecified atom stereocenters. The van der Waals surface area contributed by atoms with E-state index in [1.165, 1.54) is 10.6 Å². The molecule has 0 amide bonds. The second kappa shape index (κ2) is 4.51. The van der Waals surface area contributed by atoms with E-state index in [1.807, 2.05) is 6.07 Å². The number of aromatic nitrogens is 2. The fourth-order valence-electron chi connectivity index (χ4n) is 2.77. The van der Waals surface area contributed by atoms with E-state index in [9.17, 15) is 8.42 Å². The Bertz CT molecular complexity index is 795. The SMILES string of the molecule is O=S(=O)(c1cccc2c1OCC2)N1Cc2cncnc2C1. The van der Waals surface area contributed by atoms with Gasteiger partial charge in [-0.3, -0.25) is 0 Å². The van der Waals surface area contributed by atoms with Gasteiger partial charge in [0.05, 0.1) is 18.8 Å². The molecular weight excluding hydrogens is 290 g/mol. The summed E-state index contributed by atoms with van der Waals surface area (Å²) in [5.74, 6) is 0.500. The predicted molar refractivity (Wildman–Crippen MR) is 74.1 cm³/mol. The van der Waals surface area contributed by atoms with Crippen LogP contribution in [0.15, 0.2) is 35.6 Å². The summed E-state index contributed by atoms with van der Waals surface area (Å²) in [4.78, 5) is 8.34. The molecule has 0 saturated carbocycles. The van der Waals surface area contributed by atoms with Crippen molar-refractivity contribution in [3.63, 3.8) is 0 Å². The van der Waals surface area contributed by atoms with Crippen LogP contribution in [0.5, 0.6) is 5.75 Å². The third-order valence-electron chi connectivity index (χ3n) is 3.85. The number of hydrogen-bond donors (Lipinski definition) is 0. The van der Waals surface area contributed by atoms with Gasteiger partial charge >= 0.3 is 0 Å². The fraction of sp³-hybridized carbons (Fsp3) is 0.286. The molecule has 1 aromatic heterocycles. The largest absolute Gasteiger partial charge is 0.492 e. The third-order valence-corrected chi connectivity index (χ3v) is 5.67. The van der Waals surface area contributed by atoms with Crippen molar-refractivity contribution in [2.75, 3.05) is 6.61 Å². The Labute approximate surface area is 122 Å². The highest BCUT2D eigenvalue weighted by Crippen LogP contribution is 2.36. The van der Waals surface area contributed by atoms with Gasteiger partial charge in [0.25, 0.3) is 0 Å². The van der Waals surface area contributed by atoms with E-state index < -0.39 is 10.0 Å². The maximum absolute atomic E-state index is 12.9. The van der Waals surface area contributed by atoms with Gasteiger partial charge in [-0.05, 0) is 11.6 Å². The minimum absolute atomic E-state index is 0.248. The lowest BCUT2D eigenvalue weighted by atomic mass is 10.2. The van der Waals surface area contributed by atoms with Crippen LogP contribution in [0.3, 0.4) is 0 Å². The number of benzene rings is 1. The summed E-state index contributed by atoms with van der Waals surface area (Å²) < 4.78 is 32.7. The van der Waals surface area contributed by atoms with Crippen molar-refractivity contribution in [3.8, 4) is 5.75 Å². The lowest BCUT2D eigenvalue weighted by molar-refractivity contribution is 0.346. The van der Waals surface area contributed by atoms with Gasteiger partial charge in [-0.2, -0.15) is 4.31 Å². The smallest absolute Gasteiger partial charge is 0.247 e. The molecule has 0 saturated heterocycles. The first-order valence-electron chi connectivity index (χ1n) is 6.69. The van der Waals surface area contributed by atoms with Crippen LogP contribution >= 0.6 is 0 Å². The number of fused-ring (bicyclic) bond motifs is 2. The number of sulfonamides is 1. The first-order chi connectivity index (χ1) is 10.2. The minimum Gasteiger partial charge on any atom is -0.492 e. The van der Waals surface area contributed by atoms with E-state index in [-0.39, 0.29) is 11.4 Å². The number of hydrogen-bond acceptors (Lipinski definition) is 5. The molecule has 6 nitrogen and oxygen atoms in total. The van der Waals surface area contributed by atoms with E-state index in [0.717, 1.165) is 23.2 Å². The molecule has 2 aromatic rings. The number of para-hydroxylation sites is 1. The van der Waals surface area contributed by atoms with Crippen LogP contribution < -0.4 is 4.74 Å². The molecule has 0 bridgehead atoms. The molecule has 2 aliphatic heterocycles. The summed E-state index contributed by atoms with van der Waals surface area (Å²) in [6, 6.07) is 5.28. The van der Waals surface area contributed by atoms with Gasteiger partial charge in [0.1, 0.15) is 17.0 Å². The van der Waals surface area contributed by atoms with Gasteiger partial charge in [0, 0.05) is 24.7 Å². The third kappa shape index (κ3) is 1.92. The lowest BCUT2D eigenvalue weighted by Gasteiger charge is -2.17. The zero-order chi connectivity index (χ0) is 14.4. The molecule has 0 N–H and O–H groups in total. The average Bonchev–Trinajstić information content (AvgIpc) is 3.13. The molecule has 0 spiro atoms. The minimum atomic E-state index is -3.59. The van der Waals surface area contributed by atoms with Gasteiger partial charge in [-0.1, -0.05) is 12.1 Å². The summed E-state index contributed by atoms with van der Waals surface area (Å²) in [7, 11) is -3.59. The monoisotopic (exact) mass is 303 g/mol. The highest BCUT2D eigenvalue weighted by molar-refractivity contribution is 7.89. The summed E-state index contributed by atoms with van der Waals surface area (Å²) in [5.41, 5.74) is 2.57. The van der Waals surface area contributed by atoms with E-state index in [2.05, 4.69) is 9.97 Å². The summed E-state index contributed by atoms with van der Waals surface area (Å²) in [6.07, 6.45) is 3.87. The average molecular weight is 303 g/mol. The first-order valence-corrected chi connectivity index (χ1v) is 8.13. The summed E-state index contributed by atoms with van der Waals surface area (Å²) >= 11 is 0. The molecule has 3 heterocycles. The van der Waals surface area contributed by atoms with Crippen molar-refractivity contribution >= 4 is 10.0 Å². The highest BCUT2D eigenvalue weighted by atomic mass is 32.2. The standard InChI is InChI=1S/C14H13N3O3S/c18-21(19,13-3-1-2-10-4-5-20-14(10)13)17-7-11-6-15-9-16-12(11)8-17/h1-3,6,9H,4-5,7-8H2. The Morgan fingerprint density at radius 3 is 2.95 bits per heavy atom. The normalized spacial score (nSPS) is 17.3. The van der Waals surface area contributed by atoms with Crippen LogP contribution in [0.1, 0.15) is 16.8 Å². The highest BCUT2D eigenvalue weighted by Gasteiger charge is 2.34. The van der Waals surface area contributed by atoms with E-state index in [0.29, 0.717) is 18.9 Å². The maximum Gasteiger partial charge on any atom is 0.247 e. The predicted octanol–water partition coefficient (Wildman–Crippen LogP) is 1.12. The second-order valence-electron chi connectivity index (χ2n) is 5.11. The molecule has 0 radical (unpaired) electrons. The molecular formula is C14H13N3O3S. The molecule has 7 heteroatoms. The number of nitrogens with zero attached hydrogens (tertiary/aromatic N) is 3. The number of ether oxygens (including phenoxy) is 1. The molecule has 1 aromatic carbocycles. The zero-order valence-electron chi connectivity index (χ0n) is 11.2. The van der Waals surface area contributed by atoms with E-state index >= 15 is 0 Å². The van der Waals surface area contributed by atoms with Crippen LogP contribution in [-0.2, 0) is 29.5 Å². The molecule has 2 aliphatic rings. The molecule has 0 fully saturated rings. The lowest BCUT2D eigenvalue weighted by Crippen LogP contribution is -2.26. The summed E-state index contributed by atoms with van der Waals surface area (Å²) in [6.45, 7) is 1.12. The van der Waals surface area contributed by atoms with Gasteiger partial charge in [-0.25, -0.2) is 18.4 Å². The molecule has 21 heavy (non-hydrogen) atoms. The summed E-state index contributed by atoms with van der Waals surface area (Å²) in [5, 5.41) is 0. The van der Waals surface area contributed by atoms with Gasteiger partial charge in [-0.15, -0.1) is 0 Å². The zero-order valence-corrected chi connectivity index (χ0v) is 12.0. The topological polar surface area (TPSA) is 72.4 Å². The van der Waals surface area contributed by atoms with Gasteiger partial charge in [0.2, 0.25) is 10.0 Å². The Morgan fingerprint density at radius 1 is 1.19 bits per heavy atom. The first kappa shape index (κ1) is 12.7. The van der Waals surface area contributed by atoms with Crippen molar-refractivity contribution in [2.45, 2.75) is 24.4 Å². The number of rotatable bonds is 2. The van der Waals surface area contributed by atoms with Gasteiger partial charge in [0.15, 0.2) is 0 Å².